The van der Waals surface area contributed by atoms with Crippen LogP contribution >= 0.6 is 0 Å². The van der Waals surface area contributed by atoms with Gasteiger partial charge < -0.3 is 21.1 Å². The number of aliphatic carboxylic acids is 1. The lowest BCUT2D eigenvalue weighted by atomic mass is 10.2. The van der Waals surface area contributed by atoms with Gasteiger partial charge in [-0.15, -0.1) is 0 Å². The maximum atomic E-state index is 11.2. The molecular formula is C9H17N3O4. The van der Waals surface area contributed by atoms with E-state index in [2.05, 4.69) is 16.0 Å². The van der Waals surface area contributed by atoms with E-state index in [9.17, 15) is 14.4 Å². The van der Waals surface area contributed by atoms with Crippen LogP contribution in [0.15, 0.2) is 0 Å². The third kappa shape index (κ3) is 5.84. The number of carbonyl (C=O) groups is 3. The lowest BCUT2D eigenvalue weighted by Gasteiger charge is -2.13. The van der Waals surface area contributed by atoms with Gasteiger partial charge in [-0.2, -0.15) is 0 Å². The zero-order chi connectivity index (χ0) is 12.6. The highest BCUT2D eigenvalue weighted by Gasteiger charge is 2.18. The molecule has 0 saturated carbocycles. The first-order chi connectivity index (χ1) is 7.51. The number of urea groups is 1. The summed E-state index contributed by atoms with van der Waals surface area (Å²) in [6.07, 6.45) is 0.995. The molecule has 4 N–H and O–H groups in total. The Hall–Kier alpha value is -1.79. The van der Waals surface area contributed by atoms with Crippen LogP contribution in [0.5, 0.6) is 0 Å². The Morgan fingerprint density at radius 1 is 1.31 bits per heavy atom. The Kier molecular flexibility index (Phi) is 6.66. The maximum Gasteiger partial charge on any atom is 0.326 e. The summed E-state index contributed by atoms with van der Waals surface area (Å²) in [4.78, 5) is 32.7. The Bertz CT molecular complexity index is 267. The summed E-state index contributed by atoms with van der Waals surface area (Å²) in [7, 11) is 1.44. The van der Waals surface area contributed by atoms with Gasteiger partial charge in [-0.25, -0.2) is 9.59 Å². The highest BCUT2D eigenvalue weighted by molar-refractivity contribution is 5.86. The number of nitrogens with one attached hydrogen (secondary N) is 3. The van der Waals surface area contributed by atoms with E-state index in [0.29, 0.717) is 12.8 Å². The van der Waals surface area contributed by atoms with E-state index in [0.717, 1.165) is 0 Å². The molecule has 7 nitrogen and oxygen atoms in total. The summed E-state index contributed by atoms with van der Waals surface area (Å²) < 4.78 is 0. The summed E-state index contributed by atoms with van der Waals surface area (Å²) in [5, 5.41) is 15.6. The molecule has 0 spiro atoms. The average molecular weight is 231 g/mol. The fourth-order valence-corrected chi connectivity index (χ4v) is 1.00. The van der Waals surface area contributed by atoms with Gasteiger partial charge in [0.25, 0.3) is 0 Å². The van der Waals surface area contributed by atoms with Crippen molar-refractivity contribution >= 4 is 17.9 Å². The molecule has 0 radical (unpaired) electrons. The highest BCUT2D eigenvalue weighted by atomic mass is 16.4. The minimum Gasteiger partial charge on any atom is -0.480 e. The van der Waals surface area contributed by atoms with E-state index in [-0.39, 0.29) is 12.5 Å². The number of carbonyl (C=O) groups excluding carboxylic acids is 2. The van der Waals surface area contributed by atoms with Crippen LogP contribution < -0.4 is 16.0 Å². The van der Waals surface area contributed by atoms with E-state index in [4.69, 9.17) is 5.11 Å². The predicted octanol–water partition coefficient (Wildman–Crippen LogP) is -0.715. The monoisotopic (exact) mass is 231 g/mol. The molecule has 0 aromatic rings. The van der Waals surface area contributed by atoms with Crippen molar-refractivity contribution in [2.24, 2.45) is 0 Å². The molecule has 7 heteroatoms. The first-order valence-electron chi connectivity index (χ1n) is 4.99. The second-order valence-electron chi connectivity index (χ2n) is 3.18. The molecule has 0 aromatic carbocycles. The molecule has 0 aromatic heterocycles. The molecule has 1 unspecified atom stereocenters. The molecule has 16 heavy (non-hydrogen) atoms. The van der Waals surface area contributed by atoms with E-state index in [1.807, 2.05) is 6.92 Å². The summed E-state index contributed by atoms with van der Waals surface area (Å²) in [6, 6.07) is -1.58. The molecule has 0 aliphatic carbocycles. The number of hydrogen-bond acceptors (Lipinski definition) is 3. The zero-order valence-electron chi connectivity index (χ0n) is 9.37. The first-order valence-corrected chi connectivity index (χ1v) is 4.99. The molecule has 0 saturated heterocycles. The number of likely N-dealkylation sites (N-methyl/N-ethyl adjacent to an activating group) is 1. The molecule has 0 heterocycles. The van der Waals surface area contributed by atoms with Gasteiger partial charge in [-0.3, -0.25) is 4.79 Å². The molecule has 0 aliphatic heterocycles. The summed E-state index contributed by atoms with van der Waals surface area (Å²) in [5.74, 6) is -1.44. The van der Waals surface area contributed by atoms with Crippen LogP contribution in [0.25, 0.3) is 0 Å². The quantitative estimate of drug-likeness (QED) is 0.484. The van der Waals surface area contributed by atoms with E-state index < -0.39 is 18.0 Å². The van der Waals surface area contributed by atoms with Crippen LogP contribution in [-0.2, 0) is 9.59 Å². The van der Waals surface area contributed by atoms with Crippen LogP contribution in [0.2, 0.25) is 0 Å². The maximum absolute atomic E-state index is 11.2. The first kappa shape index (κ1) is 14.2. The van der Waals surface area contributed by atoms with Crippen LogP contribution in [0.1, 0.15) is 19.8 Å². The molecule has 0 aliphatic rings. The van der Waals surface area contributed by atoms with Crippen LogP contribution in [-0.4, -0.2) is 42.6 Å². The van der Waals surface area contributed by atoms with Crippen LogP contribution in [0, 0.1) is 0 Å². The molecule has 0 bridgehead atoms. The lowest BCUT2D eigenvalue weighted by Crippen LogP contribution is -2.48. The van der Waals surface area contributed by atoms with Crippen molar-refractivity contribution < 1.29 is 19.5 Å². The number of hydrogen-bond donors (Lipinski definition) is 4. The van der Waals surface area contributed by atoms with Crippen LogP contribution in [0.3, 0.4) is 0 Å². The number of rotatable bonds is 6. The van der Waals surface area contributed by atoms with Crippen molar-refractivity contribution in [2.45, 2.75) is 25.8 Å². The summed E-state index contributed by atoms with van der Waals surface area (Å²) in [5.41, 5.74) is 0. The van der Waals surface area contributed by atoms with Gasteiger partial charge in [0.15, 0.2) is 0 Å². The van der Waals surface area contributed by atoms with E-state index in [1.54, 1.807) is 0 Å². The van der Waals surface area contributed by atoms with Gasteiger partial charge in [0.2, 0.25) is 5.91 Å². The van der Waals surface area contributed by atoms with E-state index in [1.165, 1.54) is 7.05 Å². The Labute approximate surface area is 93.6 Å². The summed E-state index contributed by atoms with van der Waals surface area (Å²) >= 11 is 0. The van der Waals surface area contributed by atoms with Crippen LogP contribution in [0.4, 0.5) is 4.79 Å². The standard InChI is InChI=1S/C9H17N3O4/c1-3-4-6(8(14)15)12-9(16)11-5-7(13)10-2/h6H,3-5H2,1-2H3,(H,10,13)(H,14,15)(H2,11,12,16). The normalized spacial score (nSPS) is 11.4. The molecule has 0 fully saturated rings. The van der Waals surface area contributed by atoms with Crippen molar-refractivity contribution in [1.82, 2.24) is 16.0 Å². The van der Waals surface area contributed by atoms with Gasteiger partial charge in [-0.05, 0) is 6.42 Å². The Morgan fingerprint density at radius 2 is 1.94 bits per heavy atom. The van der Waals surface area contributed by atoms with Gasteiger partial charge in [-0.1, -0.05) is 13.3 Å². The predicted molar refractivity (Wildman–Crippen MR) is 56.9 cm³/mol. The van der Waals surface area contributed by atoms with Crippen molar-refractivity contribution in [1.29, 1.82) is 0 Å². The topological polar surface area (TPSA) is 108 Å². The van der Waals surface area contributed by atoms with Gasteiger partial charge in [0.05, 0.1) is 6.54 Å². The highest BCUT2D eigenvalue weighted by Crippen LogP contribution is 1.96. The number of carboxylic acids is 1. The number of amides is 3. The minimum atomic E-state index is -1.09. The minimum absolute atomic E-state index is 0.180. The Balaban J connectivity index is 4.00. The zero-order valence-corrected chi connectivity index (χ0v) is 9.37. The molecule has 92 valence electrons. The van der Waals surface area contributed by atoms with Gasteiger partial charge in [0, 0.05) is 7.05 Å². The van der Waals surface area contributed by atoms with Crippen molar-refractivity contribution in [3.63, 3.8) is 0 Å². The summed E-state index contributed by atoms with van der Waals surface area (Å²) in [6.45, 7) is 1.64. The van der Waals surface area contributed by atoms with E-state index >= 15 is 0 Å². The largest absolute Gasteiger partial charge is 0.480 e. The second kappa shape index (κ2) is 7.49. The smallest absolute Gasteiger partial charge is 0.326 e. The molecule has 1 atom stereocenters. The SMILES string of the molecule is CCCC(NC(=O)NCC(=O)NC)C(=O)O. The van der Waals surface area contributed by atoms with Gasteiger partial charge >= 0.3 is 12.0 Å². The van der Waals surface area contributed by atoms with Crippen molar-refractivity contribution in [3.8, 4) is 0 Å². The van der Waals surface area contributed by atoms with Crippen molar-refractivity contribution in [2.75, 3.05) is 13.6 Å². The fourth-order valence-electron chi connectivity index (χ4n) is 1.00. The fraction of sp³-hybridized carbons (Fsp3) is 0.667. The molecular weight excluding hydrogens is 214 g/mol. The third-order valence-electron chi connectivity index (χ3n) is 1.87. The Morgan fingerprint density at radius 3 is 2.38 bits per heavy atom. The molecule has 3 amide bonds. The third-order valence-corrected chi connectivity index (χ3v) is 1.87. The van der Waals surface area contributed by atoms with Crippen molar-refractivity contribution in [3.05, 3.63) is 0 Å². The lowest BCUT2D eigenvalue weighted by molar-refractivity contribution is -0.139. The second-order valence-corrected chi connectivity index (χ2v) is 3.18. The number of carboxylic acid groups (broad SMARTS) is 1. The molecule has 0 rings (SSSR count). The van der Waals surface area contributed by atoms with Gasteiger partial charge in [0.1, 0.15) is 6.04 Å². The average Bonchev–Trinajstić information content (AvgIpc) is 2.25.